The second kappa shape index (κ2) is 4.79. The third-order valence-corrected chi connectivity index (χ3v) is 4.41. The average molecular weight is 273 g/mol. The molecule has 3 rings (SSSR count). The first kappa shape index (κ1) is 12.4. The SMILES string of the molecule is Cc1cscc1C(O)c1ccc2c(c1)CCC(=O)N2. The molecule has 0 saturated heterocycles. The van der Waals surface area contributed by atoms with Crippen molar-refractivity contribution in [1.82, 2.24) is 0 Å². The number of nitrogens with one attached hydrogen (secondary N) is 1. The van der Waals surface area contributed by atoms with E-state index in [0.29, 0.717) is 6.42 Å². The third kappa shape index (κ3) is 2.29. The van der Waals surface area contributed by atoms with E-state index in [9.17, 15) is 9.90 Å². The van der Waals surface area contributed by atoms with Crippen LogP contribution in [0, 0.1) is 6.92 Å². The van der Waals surface area contributed by atoms with Gasteiger partial charge in [-0.2, -0.15) is 11.3 Å². The maximum Gasteiger partial charge on any atom is 0.224 e. The van der Waals surface area contributed by atoms with Crippen LogP contribution in [-0.4, -0.2) is 11.0 Å². The number of carbonyl (C=O) groups is 1. The molecule has 0 radical (unpaired) electrons. The molecule has 0 fully saturated rings. The van der Waals surface area contributed by atoms with Crippen LogP contribution >= 0.6 is 11.3 Å². The Hall–Kier alpha value is -1.65. The molecule has 2 heterocycles. The van der Waals surface area contributed by atoms with Crippen LogP contribution in [-0.2, 0) is 11.2 Å². The average Bonchev–Trinajstić information content (AvgIpc) is 2.83. The molecule has 4 heteroatoms. The predicted octanol–water partition coefficient (Wildman–Crippen LogP) is 3.02. The van der Waals surface area contributed by atoms with Gasteiger partial charge in [0.05, 0.1) is 0 Å². The van der Waals surface area contributed by atoms with E-state index < -0.39 is 6.10 Å². The Labute approximate surface area is 115 Å². The van der Waals surface area contributed by atoms with Crippen LogP contribution in [0.4, 0.5) is 5.69 Å². The van der Waals surface area contributed by atoms with Crippen molar-refractivity contribution in [3.05, 3.63) is 51.2 Å². The normalized spacial score (nSPS) is 15.8. The summed E-state index contributed by atoms with van der Waals surface area (Å²) in [5.41, 5.74) is 4.93. The molecular weight excluding hydrogens is 258 g/mol. The lowest BCUT2D eigenvalue weighted by Crippen LogP contribution is -2.19. The lowest BCUT2D eigenvalue weighted by Gasteiger charge is -2.19. The highest BCUT2D eigenvalue weighted by Crippen LogP contribution is 2.31. The number of rotatable bonds is 2. The quantitative estimate of drug-likeness (QED) is 0.883. The molecule has 0 saturated carbocycles. The van der Waals surface area contributed by atoms with E-state index in [0.717, 1.165) is 34.4 Å². The summed E-state index contributed by atoms with van der Waals surface area (Å²) in [5, 5.41) is 17.3. The maximum atomic E-state index is 11.3. The molecule has 1 amide bonds. The Morgan fingerprint density at radius 2 is 2.16 bits per heavy atom. The Balaban J connectivity index is 1.94. The molecule has 2 aromatic rings. The van der Waals surface area contributed by atoms with Crippen LogP contribution in [0.3, 0.4) is 0 Å². The van der Waals surface area contributed by atoms with Crippen molar-refractivity contribution < 1.29 is 9.90 Å². The summed E-state index contributed by atoms with van der Waals surface area (Å²) in [6, 6.07) is 5.76. The molecule has 0 aliphatic carbocycles. The molecule has 1 unspecified atom stereocenters. The molecule has 2 N–H and O–H groups in total. The Morgan fingerprint density at radius 3 is 2.89 bits per heavy atom. The zero-order valence-electron chi connectivity index (χ0n) is 10.6. The number of amides is 1. The highest BCUT2D eigenvalue weighted by Gasteiger charge is 2.18. The largest absolute Gasteiger partial charge is 0.384 e. The third-order valence-electron chi connectivity index (χ3n) is 3.53. The summed E-state index contributed by atoms with van der Waals surface area (Å²) in [6.07, 6.45) is 0.670. The van der Waals surface area contributed by atoms with Crippen LogP contribution < -0.4 is 5.32 Å². The van der Waals surface area contributed by atoms with Crippen LogP contribution in [0.15, 0.2) is 29.0 Å². The molecule has 1 aromatic heterocycles. The van der Waals surface area contributed by atoms with Crippen LogP contribution in [0.5, 0.6) is 0 Å². The number of aryl methyl sites for hydroxylation is 2. The van der Waals surface area contributed by atoms with Crippen molar-refractivity contribution in [2.24, 2.45) is 0 Å². The monoisotopic (exact) mass is 273 g/mol. The van der Waals surface area contributed by atoms with E-state index in [4.69, 9.17) is 0 Å². The van der Waals surface area contributed by atoms with Gasteiger partial charge in [0.1, 0.15) is 6.10 Å². The molecule has 1 aliphatic heterocycles. The highest BCUT2D eigenvalue weighted by atomic mass is 32.1. The molecular formula is C15H15NO2S. The van der Waals surface area contributed by atoms with E-state index in [1.54, 1.807) is 11.3 Å². The molecule has 1 aromatic carbocycles. The van der Waals surface area contributed by atoms with Gasteiger partial charge in [0.15, 0.2) is 0 Å². The van der Waals surface area contributed by atoms with E-state index in [-0.39, 0.29) is 5.91 Å². The van der Waals surface area contributed by atoms with Gasteiger partial charge >= 0.3 is 0 Å². The van der Waals surface area contributed by atoms with Crippen LogP contribution in [0.2, 0.25) is 0 Å². The van der Waals surface area contributed by atoms with Gasteiger partial charge in [-0.1, -0.05) is 12.1 Å². The first-order chi connectivity index (χ1) is 9.15. The van der Waals surface area contributed by atoms with Crippen molar-refractivity contribution >= 4 is 22.9 Å². The van der Waals surface area contributed by atoms with Gasteiger partial charge in [0, 0.05) is 12.1 Å². The number of hydrogen-bond acceptors (Lipinski definition) is 3. The minimum atomic E-state index is -0.589. The van der Waals surface area contributed by atoms with Crippen molar-refractivity contribution in [3.63, 3.8) is 0 Å². The van der Waals surface area contributed by atoms with Crippen molar-refractivity contribution in [3.8, 4) is 0 Å². The minimum Gasteiger partial charge on any atom is -0.384 e. The van der Waals surface area contributed by atoms with E-state index >= 15 is 0 Å². The summed E-state index contributed by atoms with van der Waals surface area (Å²) in [7, 11) is 0. The van der Waals surface area contributed by atoms with Crippen molar-refractivity contribution in [1.29, 1.82) is 0 Å². The smallest absolute Gasteiger partial charge is 0.224 e. The number of fused-ring (bicyclic) bond motifs is 1. The van der Waals surface area contributed by atoms with Crippen LogP contribution in [0.1, 0.15) is 34.8 Å². The molecule has 0 spiro atoms. The van der Waals surface area contributed by atoms with Gasteiger partial charge in [-0.05, 0) is 52.4 Å². The first-order valence-corrected chi connectivity index (χ1v) is 7.23. The molecule has 3 nitrogen and oxygen atoms in total. The fourth-order valence-electron chi connectivity index (χ4n) is 2.40. The minimum absolute atomic E-state index is 0.0643. The van der Waals surface area contributed by atoms with Crippen molar-refractivity contribution in [2.45, 2.75) is 25.9 Å². The van der Waals surface area contributed by atoms with Gasteiger partial charge in [-0.15, -0.1) is 0 Å². The summed E-state index contributed by atoms with van der Waals surface area (Å²) >= 11 is 1.60. The summed E-state index contributed by atoms with van der Waals surface area (Å²) in [4.78, 5) is 11.3. The second-order valence-electron chi connectivity index (χ2n) is 4.88. The zero-order chi connectivity index (χ0) is 13.4. The second-order valence-corrected chi connectivity index (χ2v) is 5.62. The molecule has 1 atom stereocenters. The van der Waals surface area contributed by atoms with Gasteiger partial charge < -0.3 is 10.4 Å². The Kier molecular flexibility index (Phi) is 3.12. The fraction of sp³-hybridized carbons (Fsp3) is 0.267. The summed E-state index contributed by atoms with van der Waals surface area (Å²) in [5.74, 6) is 0.0643. The Morgan fingerprint density at radius 1 is 1.32 bits per heavy atom. The van der Waals surface area contributed by atoms with E-state index in [1.807, 2.05) is 35.9 Å². The Bertz CT molecular complexity index is 633. The number of thiophene rings is 1. The highest BCUT2D eigenvalue weighted by molar-refractivity contribution is 7.08. The zero-order valence-corrected chi connectivity index (χ0v) is 11.5. The molecule has 98 valence electrons. The van der Waals surface area contributed by atoms with E-state index in [1.165, 1.54) is 0 Å². The number of hydrogen-bond donors (Lipinski definition) is 2. The molecule has 19 heavy (non-hydrogen) atoms. The van der Waals surface area contributed by atoms with Gasteiger partial charge in [-0.25, -0.2) is 0 Å². The van der Waals surface area contributed by atoms with E-state index in [2.05, 4.69) is 5.32 Å². The van der Waals surface area contributed by atoms with Crippen LogP contribution in [0.25, 0.3) is 0 Å². The number of aliphatic hydroxyl groups excluding tert-OH is 1. The number of anilines is 1. The number of aliphatic hydroxyl groups is 1. The number of benzene rings is 1. The molecule has 0 bridgehead atoms. The molecule has 1 aliphatic rings. The number of carbonyl (C=O) groups excluding carboxylic acids is 1. The van der Waals surface area contributed by atoms with Gasteiger partial charge in [-0.3, -0.25) is 4.79 Å². The lowest BCUT2D eigenvalue weighted by molar-refractivity contribution is -0.116. The van der Waals surface area contributed by atoms with Gasteiger partial charge in [0.25, 0.3) is 0 Å². The topological polar surface area (TPSA) is 49.3 Å². The lowest BCUT2D eigenvalue weighted by atomic mass is 9.95. The maximum absolute atomic E-state index is 11.3. The first-order valence-electron chi connectivity index (χ1n) is 6.28. The fourth-order valence-corrected chi connectivity index (χ4v) is 3.27. The summed E-state index contributed by atoms with van der Waals surface area (Å²) < 4.78 is 0. The summed E-state index contributed by atoms with van der Waals surface area (Å²) in [6.45, 7) is 2.01. The predicted molar refractivity (Wildman–Crippen MR) is 76.5 cm³/mol. The standard InChI is InChI=1S/C15H15NO2S/c1-9-7-19-8-12(9)15(18)11-2-4-13-10(6-11)3-5-14(17)16-13/h2,4,6-8,15,18H,3,5H2,1H3,(H,16,17). The van der Waals surface area contributed by atoms with Crippen molar-refractivity contribution in [2.75, 3.05) is 5.32 Å². The van der Waals surface area contributed by atoms with Gasteiger partial charge in [0.2, 0.25) is 5.91 Å².